The second-order valence-electron chi connectivity index (χ2n) is 10.2. The Labute approximate surface area is 200 Å². The molecule has 5 rings (SSSR count). The van der Waals surface area contributed by atoms with E-state index in [1.807, 2.05) is 18.2 Å². The van der Waals surface area contributed by atoms with Gasteiger partial charge in [0, 0.05) is 49.2 Å². The van der Waals surface area contributed by atoms with Gasteiger partial charge in [-0.2, -0.15) is 0 Å². The van der Waals surface area contributed by atoms with Crippen molar-refractivity contribution in [3.8, 4) is 11.3 Å². The van der Waals surface area contributed by atoms with E-state index >= 15 is 0 Å². The van der Waals surface area contributed by atoms with E-state index in [1.165, 1.54) is 30.5 Å². The highest BCUT2D eigenvalue weighted by atomic mass is 19.1. The van der Waals surface area contributed by atoms with Gasteiger partial charge in [0.2, 0.25) is 0 Å². The maximum atomic E-state index is 14.4. The Morgan fingerprint density at radius 1 is 1.09 bits per heavy atom. The van der Waals surface area contributed by atoms with Crippen LogP contribution in [0.2, 0.25) is 0 Å². The minimum absolute atomic E-state index is 0.207. The third kappa shape index (κ3) is 4.37. The zero-order chi connectivity index (χ0) is 23.8. The maximum Gasteiger partial charge on any atom is 0.335 e. The normalized spacial score (nSPS) is 17.4. The predicted molar refractivity (Wildman–Crippen MR) is 134 cm³/mol. The highest BCUT2D eigenvalue weighted by Crippen LogP contribution is 2.45. The smallest absolute Gasteiger partial charge is 0.335 e. The monoisotopic (exact) mass is 463 g/mol. The van der Waals surface area contributed by atoms with Gasteiger partial charge in [-0.25, -0.2) is 9.18 Å². The van der Waals surface area contributed by atoms with Crippen molar-refractivity contribution in [1.29, 1.82) is 0 Å². The summed E-state index contributed by atoms with van der Waals surface area (Å²) in [5.41, 5.74) is 5.91. The lowest BCUT2D eigenvalue weighted by Gasteiger charge is -2.30. The number of hydrogen-bond donors (Lipinski definition) is 1. The first-order chi connectivity index (χ1) is 16.4. The Morgan fingerprint density at radius 3 is 2.62 bits per heavy atom. The minimum Gasteiger partial charge on any atom is -0.478 e. The summed E-state index contributed by atoms with van der Waals surface area (Å²) in [4.78, 5) is 16.4. The molecular weight excluding hydrogens is 429 g/mol. The average molecular weight is 464 g/mol. The molecule has 5 nitrogen and oxygen atoms in total. The van der Waals surface area contributed by atoms with E-state index < -0.39 is 5.97 Å². The highest BCUT2D eigenvalue weighted by Gasteiger charge is 2.29. The first-order valence-electron chi connectivity index (χ1n) is 12.5. The molecule has 0 radical (unpaired) electrons. The van der Waals surface area contributed by atoms with E-state index in [1.54, 1.807) is 18.2 Å². The molecule has 34 heavy (non-hydrogen) atoms. The lowest BCUT2D eigenvalue weighted by Crippen LogP contribution is -2.35. The number of carboxylic acids is 1. The van der Waals surface area contributed by atoms with Crippen LogP contribution in [0.3, 0.4) is 0 Å². The number of hydrogen-bond acceptors (Lipinski definition) is 3. The molecule has 0 spiro atoms. The summed E-state index contributed by atoms with van der Waals surface area (Å²) in [7, 11) is 4.14. The third-order valence-electron chi connectivity index (χ3n) is 7.58. The summed E-state index contributed by atoms with van der Waals surface area (Å²) in [5.74, 6) is -0.662. The molecule has 2 aliphatic rings. The summed E-state index contributed by atoms with van der Waals surface area (Å²) < 4.78 is 16.8. The Bertz CT molecular complexity index is 1210. The second-order valence-corrected chi connectivity index (χ2v) is 10.2. The molecular formula is C28H34FN3O2. The van der Waals surface area contributed by atoms with Crippen LogP contribution in [0.15, 0.2) is 36.4 Å². The van der Waals surface area contributed by atoms with Crippen molar-refractivity contribution in [2.45, 2.75) is 51.1 Å². The van der Waals surface area contributed by atoms with E-state index in [0.717, 1.165) is 61.1 Å². The number of rotatable bonds is 5. The molecule has 1 aliphatic heterocycles. The second kappa shape index (κ2) is 9.51. The fraction of sp³-hybridized carbons (Fsp3) is 0.464. The first-order valence-corrected chi connectivity index (χ1v) is 12.5. The van der Waals surface area contributed by atoms with Crippen LogP contribution < -0.4 is 0 Å². The highest BCUT2D eigenvalue weighted by molar-refractivity contribution is 5.98. The molecule has 1 N–H and O–H groups in total. The molecule has 1 fully saturated rings. The molecule has 3 aromatic rings. The number of carbonyl (C=O) groups is 1. The largest absolute Gasteiger partial charge is 0.478 e. The number of aromatic carboxylic acids is 1. The van der Waals surface area contributed by atoms with E-state index in [2.05, 4.69) is 28.5 Å². The van der Waals surface area contributed by atoms with Gasteiger partial charge in [-0.3, -0.25) is 4.90 Å². The quantitative estimate of drug-likeness (QED) is 0.537. The van der Waals surface area contributed by atoms with Crippen LogP contribution in [0.25, 0.3) is 22.2 Å². The van der Waals surface area contributed by atoms with Crippen LogP contribution >= 0.6 is 0 Å². The van der Waals surface area contributed by atoms with Gasteiger partial charge in [-0.1, -0.05) is 25.3 Å². The van der Waals surface area contributed by atoms with Crippen LogP contribution in [0, 0.1) is 5.82 Å². The van der Waals surface area contributed by atoms with Crippen molar-refractivity contribution in [3.63, 3.8) is 0 Å². The Hall–Kier alpha value is -2.70. The van der Waals surface area contributed by atoms with Crippen molar-refractivity contribution < 1.29 is 14.3 Å². The Kier molecular flexibility index (Phi) is 6.45. The maximum absolute atomic E-state index is 14.4. The molecule has 0 amide bonds. The topological polar surface area (TPSA) is 48.7 Å². The first kappa shape index (κ1) is 23.1. The summed E-state index contributed by atoms with van der Waals surface area (Å²) in [6.45, 7) is 4.16. The van der Waals surface area contributed by atoms with Crippen LogP contribution in [-0.2, 0) is 13.1 Å². The number of aromatic nitrogens is 1. The van der Waals surface area contributed by atoms with Crippen LogP contribution in [0.1, 0.15) is 59.5 Å². The van der Waals surface area contributed by atoms with E-state index in [-0.39, 0.29) is 5.82 Å². The van der Waals surface area contributed by atoms with E-state index in [0.29, 0.717) is 18.0 Å². The molecule has 0 atom stereocenters. The summed E-state index contributed by atoms with van der Waals surface area (Å²) >= 11 is 0. The molecule has 0 saturated heterocycles. The summed E-state index contributed by atoms with van der Waals surface area (Å²) in [5, 5.41) is 10.8. The third-order valence-corrected chi connectivity index (χ3v) is 7.58. The molecule has 2 aromatic carbocycles. The number of fused-ring (bicyclic) bond motifs is 5. The van der Waals surface area contributed by atoms with Gasteiger partial charge in [-0.15, -0.1) is 0 Å². The van der Waals surface area contributed by atoms with Crippen molar-refractivity contribution in [2.24, 2.45) is 0 Å². The van der Waals surface area contributed by atoms with Crippen molar-refractivity contribution >= 4 is 16.9 Å². The lowest BCUT2D eigenvalue weighted by molar-refractivity contribution is 0.0697. The van der Waals surface area contributed by atoms with Crippen LogP contribution in [-0.4, -0.2) is 59.2 Å². The van der Waals surface area contributed by atoms with Gasteiger partial charge >= 0.3 is 5.97 Å². The van der Waals surface area contributed by atoms with Gasteiger partial charge in [0.15, 0.2) is 0 Å². The minimum atomic E-state index is -0.905. The molecule has 1 saturated carbocycles. The molecule has 1 aromatic heterocycles. The predicted octanol–water partition coefficient (Wildman–Crippen LogP) is 5.57. The van der Waals surface area contributed by atoms with Gasteiger partial charge < -0.3 is 14.6 Å². The molecule has 6 heteroatoms. The number of carboxylic acid groups (broad SMARTS) is 1. The van der Waals surface area contributed by atoms with Gasteiger partial charge in [0.25, 0.3) is 0 Å². The molecule has 180 valence electrons. The molecule has 1 aliphatic carbocycles. The number of nitrogens with zero attached hydrogens (tertiary/aromatic N) is 3. The summed E-state index contributed by atoms with van der Waals surface area (Å²) in [6, 6.07) is 10.8. The van der Waals surface area contributed by atoms with E-state index in [9.17, 15) is 14.3 Å². The number of halogens is 1. The molecule has 0 bridgehead atoms. The van der Waals surface area contributed by atoms with Crippen molar-refractivity contribution in [3.05, 3.63) is 58.9 Å². The fourth-order valence-electron chi connectivity index (χ4n) is 5.85. The van der Waals surface area contributed by atoms with Gasteiger partial charge in [0.1, 0.15) is 5.82 Å². The van der Waals surface area contributed by atoms with Crippen LogP contribution in [0.4, 0.5) is 4.39 Å². The average Bonchev–Trinajstić information content (AvgIpc) is 3.13. The SMILES string of the molecule is CN(C)CCN1CCn2c(c(C3CCCCC3)c3ccc(C(=O)O)cc32)-c2ccc(F)cc2C1. The zero-order valence-electron chi connectivity index (χ0n) is 20.2. The Morgan fingerprint density at radius 2 is 1.88 bits per heavy atom. The lowest BCUT2D eigenvalue weighted by atomic mass is 9.81. The zero-order valence-corrected chi connectivity index (χ0v) is 20.2. The van der Waals surface area contributed by atoms with Gasteiger partial charge in [0.05, 0.1) is 11.3 Å². The van der Waals surface area contributed by atoms with Gasteiger partial charge in [-0.05, 0) is 74.3 Å². The fourth-order valence-corrected chi connectivity index (χ4v) is 5.85. The summed E-state index contributed by atoms with van der Waals surface area (Å²) in [6.07, 6.45) is 6.02. The number of benzene rings is 2. The van der Waals surface area contributed by atoms with E-state index in [4.69, 9.17) is 0 Å². The molecule has 0 unspecified atom stereocenters. The van der Waals surface area contributed by atoms with Crippen molar-refractivity contribution in [1.82, 2.24) is 14.4 Å². The number of likely N-dealkylation sites (N-methyl/N-ethyl adjacent to an activating group) is 1. The van der Waals surface area contributed by atoms with Crippen molar-refractivity contribution in [2.75, 3.05) is 33.7 Å². The standard InChI is InChI=1S/C28H34FN3O2/c1-30(2)12-13-31-14-15-32-25-17-20(28(33)34)8-10-24(25)26(19-6-4-3-5-7-19)27(32)23-11-9-22(29)16-21(23)18-31/h8-11,16-17,19H,3-7,12-15,18H2,1-2H3,(H,33,34). The van der Waals surface area contributed by atoms with Crippen LogP contribution in [0.5, 0.6) is 0 Å². The molecule has 2 heterocycles. The Balaban J connectivity index is 1.73.